The normalized spacial score (nSPS) is 19.9. The Hall–Kier alpha value is -1.79. The van der Waals surface area contributed by atoms with Gasteiger partial charge in [-0.2, -0.15) is 0 Å². The molecule has 0 aromatic heterocycles. The molecule has 1 saturated carbocycles. The summed E-state index contributed by atoms with van der Waals surface area (Å²) >= 11 is 6.33. The minimum Gasteiger partial charge on any atom is -0.496 e. The van der Waals surface area contributed by atoms with E-state index in [1.165, 1.54) is 33.3 Å². The number of halogens is 1. The van der Waals surface area contributed by atoms with Crippen molar-refractivity contribution in [2.75, 3.05) is 32.1 Å². The summed E-state index contributed by atoms with van der Waals surface area (Å²) in [5, 5.41) is 6.35. The molecule has 3 rings (SSSR count). The van der Waals surface area contributed by atoms with Gasteiger partial charge in [-0.05, 0) is 50.8 Å². The van der Waals surface area contributed by atoms with E-state index in [4.69, 9.17) is 16.3 Å². The summed E-state index contributed by atoms with van der Waals surface area (Å²) in [6, 6.07) is 3.19. The van der Waals surface area contributed by atoms with Gasteiger partial charge in [-0.1, -0.05) is 37.8 Å². The van der Waals surface area contributed by atoms with Gasteiger partial charge in [-0.25, -0.2) is 0 Å². The number of amides is 2. The van der Waals surface area contributed by atoms with Gasteiger partial charge in [-0.15, -0.1) is 0 Å². The molecule has 0 spiro atoms. The Bertz CT molecular complexity index is 769. The van der Waals surface area contributed by atoms with Crippen LogP contribution >= 0.6 is 11.6 Å². The summed E-state index contributed by atoms with van der Waals surface area (Å²) in [6.07, 6.45) is 7.90. The van der Waals surface area contributed by atoms with E-state index in [2.05, 4.69) is 22.5 Å². The molecule has 1 aromatic rings. The highest BCUT2D eigenvalue weighted by molar-refractivity contribution is 6.34. The van der Waals surface area contributed by atoms with Crippen LogP contribution in [-0.4, -0.2) is 49.0 Å². The van der Waals surface area contributed by atoms with Crippen LogP contribution in [0.3, 0.4) is 0 Å². The van der Waals surface area contributed by atoms with E-state index >= 15 is 0 Å². The molecular weight excluding hydrogens is 402 g/mol. The molecule has 1 saturated heterocycles. The monoisotopic (exact) mass is 435 g/mol. The smallest absolute Gasteiger partial charge is 0.255 e. The topological polar surface area (TPSA) is 70.7 Å². The van der Waals surface area contributed by atoms with Crippen LogP contribution in [0.1, 0.15) is 69.2 Å². The van der Waals surface area contributed by atoms with Gasteiger partial charge in [0.25, 0.3) is 5.91 Å². The van der Waals surface area contributed by atoms with Gasteiger partial charge in [0.05, 0.1) is 28.9 Å². The second kappa shape index (κ2) is 10.0. The number of likely N-dealkylation sites (tertiary alicyclic amines) is 1. The number of rotatable bonds is 6. The maximum Gasteiger partial charge on any atom is 0.255 e. The van der Waals surface area contributed by atoms with E-state index in [0.29, 0.717) is 22.0 Å². The van der Waals surface area contributed by atoms with Crippen molar-refractivity contribution >= 4 is 29.1 Å². The Morgan fingerprint density at radius 2 is 1.87 bits per heavy atom. The number of hydrogen-bond acceptors (Lipinski definition) is 4. The fourth-order valence-corrected chi connectivity index (χ4v) is 4.90. The second-order valence-corrected chi connectivity index (χ2v) is 9.37. The Balaban J connectivity index is 1.80. The highest BCUT2D eigenvalue weighted by Gasteiger charge is 2.37. The number of carbonyl (C=O) groups excluding carboxylic acids is 2. The zero-order valence-electron chi connectivity index (χ0n) is 18.4. The van der Waals surface area contributed by atoms with Gasteiger partial charge in [-0.3, -0.25) is 9.59 Å². The molecule has 1 heterocycles. The Morgan fingerprint density at radius 3 is 2.47 bits per heavy atom. The molecule has 6 nitrogen and oxygen atoms in total. The number of carbonyl (C=O) groups is 2. The highest BCUT2D eigenvalue weighted by Crippen LogP contribution is 2.34. The fraction of sp³-hybridized carbons (Fsp3) is 0.652. The molecule has 1 aliphatic carbocycles. The average Bonchev–Trinajstić information content (AvgIpc) is 2.71. The van der Waals surface area contributed by atoms with Crippen molar-refractivity contribution in [3.8, 4) is 5.75 Å². The lowest BCUT2D eigenvalue weighted by molar-refractivity contribution is -0.114. The number of methoxy groups -OCH3 is 1. The van der Waals surface area contributed by atoms with Crippen LogP contribution in [0.4, 0.5) is 5.69 Å². The van der Waals surface area contributed by atoms with Gasteiger partial charge < -0.3 is 20.3 Å². The van der Waals surface area contributed by atoms with Gasteiger partial charge in [0.15, 0.2) is 0 Å². The first-order valence-corrected chi connectivity index (χ1v) is 11.4. The first-order chi connectivity index (χ1) is 14.3. The molecule has 0 bridgehead atoms. The lowest BCUT2D eigenvalue weighted by atomic mass is 9.80. The number of piperidine rings is 1. The maximum atomic E-state index is 13.3. The fourth-order valence-electron chi connectivity index (χ4n) is 4.69. The summed E-state index contributed by atoms with van der Waals surface area (Å²) in [5.74, 6) is 0.786. The van der Waals surface area contributed by atoms with E-state index in [1.807, 2.05) is 0 Å². The summed E-state index contributed by atoms with van der Waals surface area (Å²) < 4.78 is 5.45. The number of hydrogen-bond donors (Lipinski definition) is 2. The lowest BCUT2D eigenvalue weighted by Crippen LogP contribution is -2.57. The quantitative estimate of drug-likeness (QED) is 0.691. The second-order valence-electron chi connectivity index (χ2n) is 8.97. The average molecular weight is 436 g/mol. The number of ether oxygens (including phenoxy) is 1. The molecule has 0 radical (unpaired) electrons. The van der Waals surface area contributed by atoms with Crippen LogP contribution in [0.2, 0.25) is 5.02 Å². The molecule has 0 atom stereocenters. The standard InChI is InChI=1S/C23H34ClN3O3/c1-16-7-11-27(12-8-16)15-23(9-5-4-6-10-23)26-22(29)18-13-19(24)20(25-17(2)28)14-21(18)30-3/h13-14,16H,4-12,15H2,1-3H3,(H,25,28)(H,26,29). The Kier molecular flexibility index (Phi) is 7.64. The first kappa shape index (κ1) is 22.9. The zero-order chi connectivity index (χ0) is 21.7. The van der Waals surface area contributed by atoms with Crippen molar-refractivity contribution < 1.29 is 14.3 Å². The van der Waals surface area contributed by atoms with Gasteiger partial charge in [0, 0.05) is 19.5 Å². The van der Waals surface area contributed by atoms with Crippen molar-refractivity contribution in [3.05, 3.63) is 22.7 Å². The van der Waals surface area contributed by atoms with E-state index in [9.17, 15) is 9.59 Å². The SMILES string of the molecule is COc1cc(NC(C)=O)c(Cl)cc1C(=O)NC1(CN2CCC(C)CC2)CCCCC1. The Labute approximate surface area is 184 Å². The molecule has 1 aromatic carbocycles. The molecule has 166 valence electrons. The zero-order valence-corrected chi connectivity index (χ0v) is 19.1. The molecule has 7 heteroatoms. The summed E-state index contributed by atoms with van der Waals surface area (Å²) in [4.78, 5) is 27.2. The number of nitrogens with one attached hydrogen (secondary N) is 2. The predicted molar refractivity (Wildman–Crippen MR) is 120 cm³/mol. The molecule has 2 N–H and O–H groups in total. The number of anilines is 1. The molecule has 0 unspecified atom stereocenters. The van der Waals surface area contributed by atoms with Crippen LogP contribution in [0.15, 0.2) is 12.1 Å². The van der Waals surface area contributed by atoms with E-state index in [-0.39, 0.29) is 17.4 Å². The Morgan fingerprint density at radius 1 is 1.20 bits per heavy atom. The van der Waals surface area contributed by atoms with Crippen molar-refractivity contribution in [3.63, 3.8) is 0 Å². The van der Waals surface area contributed by atoms with E-state index < -0.39 is 0 Å². The maximum absolute atomic E-state index is 13.3. The molecular formula is C23H34ClN3O3. The van der Waals surface area contributed by atoms with Crippen LogP contribution < -0.4 is 15.4 Å². The third kappa shape index (κ3) is 5.67. The third-order valence-corrected chi connectivity index (χ3v) is 6.75. The number of benzene rings is 1. The highest BCUT2D eigenvalue weighted by atomic mass is 35.5. The van der Waals surface area contributed by atoms with Gasteiger partial charge in [0.1, 0.15) is 5.75 Å². The third-order valence-electron chi connectivity index (χ3n) is 6.44. The predicted octanol–water partition coefficient (Wildman–Crippen LogP) is 4.47. The van der Waals surface area contributed by atoms with Crippen molar-refractivity contribution in [1.29, 1.82) is 0 Å². The molecule has 2 fully saturated rings. The van der Waals surface area contributed by atoms with Crippen molar-refractivity contribution in [1.82, 2.24) is 10.2 Å². The number of nitrogens with zero attached hydrogens (tertiary/aromatic N) is 1. The van der Waals surface area contributed by atoms with E-state index in [1.54, 1.807) is 12.1 Å². The van der Waals surface area contributed by atoms with E-state index in [0.717, 1.165) is 51.2 Å². The van der Waals surface area contributed by atoms with Crippen molar-refractivity contribution in [2.45, 2.75) is 64.3 Å². The lowest BCUT2D eigenvalue weighted by Gasteiger charge is -2.43. The minimum absolute atomic E-state index is 0.171. The van der Waals surface area contributed by atoms with Crippen LogP contribution in [0.25, 0.3) is 0 Å². The molecule has 2 aliphatic rings. The summed E-state index contributed by atoms with van der Waals surface area (Å²) in [7, 11) is 1.52. The molecule has 1 aliphatic heterocycles. The molecule has 30 heavy (non-hydrogen) atoms. The van der Waals surface area contributed by atoms with Crippen molar-refractivity contribution in [2.24, 2.45) is 5.92 Å². The van der Waals surface area contributed by atoms with Crippen LogP contribution in [-0.2, 0) is 4.79 Å². The van der Waals surface area contributed by atoms with Crippen LogP contribution in [0.5, 0.6) is 5.75 Å². The van der Waals surface area contributed by atoms with Gasteiger partial charge >= 0.3 is 0 Å². The summed E-state index contributed by atoms with van der Waals surface area (Å²) in [6.45, 7) is 6.82. The largest absolute Gasteiger partial charge is 0.496 e. The first-order valence-electron chi connectivity index (χ1n) is 11.0. The molecule has 2 amide bonds. The summed E-state index contributed by atoms with van der Waals surface area (Å²) in [5.41, 5.74) is 0.616. The van der Waals surface area contributed by atoms with Crippen LogP contribution in [0, 0.1) is 5.92 Å². The minimum atomic E-state index is -0.229. The van der Waals surface area contributed by atoms with Gasteiger partial charge in [0.2, 0.25) is 5.91 Å².